The highest BCUT2D eigenvalue weighted by molar-refractivity contribution is 5.80. The summed E-state index contributed by atoms with van der Waals surface area (Å²) in [6.07, 6.45) is 1.03. The maximum Gasteiger partial charge on any atom is 0.170 e. The molecule has 0 unspecified atom stereocenters. The second-order valence-corrected chi connectivity index (χ2v) is 3.60. The van der Waals surface area contributed by atoms with Gasteiger partial charge in [0.15, 0.2) is 11.6 Å². The van der Waals surface area contributed by atoms with Crippen LogP contribution in [0.25, 0.3) is 0 Å². The van der Waals surface area contributed by atoms with E-state index in [0.29, 0.717) is 13.1 Å². The first-order valence-electron chi connectivity index (χ1n) is 4.80. The van der Waals surface area contributed by atoms with Crippen molar-refractivity contribution < 1.29 is 13.2 Å². The van der Waals surface area contributed by atoms with Gasteiger partial charge in [-0.05, 0) is 26.2 Å². The third kappa shape index (κ3) is 3.34. The summed E-state index contributed by atoms with van der Waals surface area (Å²) in [5, 5.41) is 0. The molecule has 0 heterocycles. The van der Waals surface area contributed by atoms with Crippen molar-refractivity contribution >= 4 is 6.21 Å². The van der Waals surface area contributed by atoms with Gasteiger partial charge in [0.25, 0.3) is 0 Å². The first kappa shape index (κ1) is 12.7. The van der Waals surface area contributed by atoms with Crippen LogP contribution in [0.15, 0.2) is 17.1 Å². The van der Waals surface area contributed by atoms with Gasteiger partial charge in [-0.25, -0.2) is 13.2 Å². The molecular weight excluding hydrogens is 217 g/mol. The Bertz CT molecular complexity index is 389. The van der Waals surface area contributed by atoms with Crippen molar-refractivity contribution in [3.8, 4) is 0 Å². The van der Waals surface area contributed by atoms with Crippen LogP contribution in [0.4, 0.5) is 13.2 Å². The summed E-state index contributed by atoms with van der Waals surface area (Å²) in [6, 6.07) is 1.63. The van der Waals surface area contributed by atoms with E-state index in [0.717, 1.165) is 18.3 Å². The summed E-state index contributed by atoms with van der Waals surface area (Å²) in [5.41, 5.74) is -0.432. The van der Waals surface area contributed by atoms with Gasteiger partial charge in [0.1, 0.15) is 5.82 Å². The first-order chi connectivity index (χ1) is 7.52. The van der Waals surface area contributed by atoms with Crippen LogP contribution in [0.2, 0.25) is 0 Å². The number of hydrogen-bond acceptors (Lipinski definition) is 2. The smallest absolute Gasteiger partial charge is 0.170 e. The average molecular weight is 230 g/mol. The van der Waals surface area contributed by atoms with E-state index < -0.39 is 23.0 Å². The lowest BCUT2D eigenvalue weighted by atomic mass is 10.2. The molecule has 1 aromatic rings. The normalized spacial score (nSPS) is 11.6. The Balaban J connectivity index is 2.76. The van der Waals surface area contributed by atoms with Crippen molar-refractivity contribution in [3.05, 3.63) is 35.1 Å². The minimum Gasteiger partial charge on any atom is -0.308 e. The van der Waals surface area contributed by atoms with Crippen LogP contribution >= 0.6 is 0 Å². The van der Waals surface area contributed by atoms with Crippen molar-refractivity contribution in [1.82, 2.24) is 4.90 Å². The Labute approximate surface area is 92.4 Å². The van der Waals surface area contributed by atoms with Crippen LogP contribution in [0.3, 0.4) is 0 Å². The number of aliphatic imine (C=N–C) groups is 1. The predicted molar refractivity (Wildman–Crippen MR) is 57.3 cm³/mol. The Hall–Kier alpha value is -1.36. The van der Waals surface area contributed by atoms with Crippen molar-refractivity contribution in [2.24, 2.45) is 4.99 Å². The van der Waals surface area contributed by atoms with E-state index in [9.17, 15) is 13.2 Å². The van der Waals surface area contributed by atoms with Gasteiger partial charge in [0, 0.05) is 12.8 Å². The molecule has 1 rings (SSSR count). The lowest BCUT2D eigenvalue weighted by Gasteiger charge is -2.05. The SMILES string of the molecule is CN(C)CCN=Cc1c(F)ccc(F)c1F. The van der Waals surface area contributed by atoms with Crippen molar-refractivity contribution in [3.63, 3.8) is 0 Å². The molecule has 0 aliphatic carbocycles. The van der Waals surface area contributed by atoms with E-state index in [1.165, 1.54) is 0 Å². The summed E-state index contributed by atoms with van der Waals surface area (Å²) >= 11 is 0. The van der Waals surface area contributed by atoms with E-state index in [1.807, 2.05) is 19.0 Å². The molecule has 0 fully saturated rings. The monoisotopic (exact) mass is 230 g/mol. The standard InChI is InChI=1S/C11H13F3N2/c1-16(2)6-5-15-7-8-9(12)3-4-10(13)11(8)14/h3-4,7H,5-6H2,1-2H3. The van der Waals surface area contributed by atoms with Gasteiger partial charge >= 0.3 is 0 Å². The highest BCUT2D eigenvalue weighted by Crippen LogP contribution is 2.13. The molecule has 88 valence electrons. The zero-order valence-corrected chi connectivity index (χ0v) is 9.17. The minimum atomic E-state index is -1.20. The van der Waals surface area contributed by atoms with E-state index in [-0.39, 0.29) is 0 Å². The Kier molecular flexibility index (Phi) is 4.49. The maximum atomic E-state index is 13.1. The molecule has 0 saturated heterocycles. The fourth-order valence-corrected chi connectivity index (χ4v) is 1.07. The highest BCUT2D eigenvalue weighted by Gasteiger charge is 2.11. The van der Waals surface area contributed by atoms with Crippen molar-refractivity contribution in [2.45, 2.75) is 0 Å². The van der Waals surface area contributed by atoms with Crippen LogP contribution in [-0.2, 0) is 0 Å². The Morgan fingerprint density at radius 3 is 2.44 bits per heavy atom. The van der Waals surface area contributed by atoms with Crippen molar-refractivity contribution in [2.75, 3.05) is 27.2 Å². The van der Waals surface area contributed by atoms with Gasteiger partial charge in [-0.3, -0.25) is 4.99 Å². The summed E-state index contributed by atoms with van der Waals surface area (Å²) in [5.74, 6) is -3.09. The molecule has 0 radical (unpaired) electrons. The number of benzene rings is 1. The minimum absolute atomic E-state index is 0.405. The molecule has 0 saturated carbocycles. The molecule has 0 amide bonds. The molecule has 16 heavy (non-hydrogen) atoms. The molecule has 0 atom stereocenters. The second kappa shape index (κ2) is 5.65. The van der Waals surface area contributed by atoms with Crippen LogP contribution < -0.4 is 0 Å². The van der Waals surface area contributed by atoms with Crippen LogP contribution in [0, 0.1) is 17.5 Å². The maximum absolute atomic E-state index is 13.1. The van der Waals surface area contributed by atoms with Gasteiger partial charge in [-0.15, -0.1) is 0 Å². The van der Waals surface area contributed by atoms with Gasteiger partial charge in [0.05, 0.1) is 12.1 Å². The number of likely N-dealkylation sites (N-methyl/N-ethyl adjacent to an activating group) is 1. The van der Waals surface area contributed by atoms with Gasteiger partial charge in [0.2, 0.25) is 0 Å². The molecule has 1 aromatic carbocycles. The zero-order valence-electron chi connectivity index (χ0n) is 9.17. The molecule has 0 N–H and O–H groups in total. The summed E-state index contributed by atoms with van der Waals surface area (Å²) in [7, 11) is 3.72. The van der Waals surface area contributed by atoms with Crippen molar-refractivity contribution in [1.29, 1.82) is 0 Å². The zero-order chi connectivity index (χ0) is 12.1. The third-order valence-electron chi connectivity index (χ3n) is 1.98. The topological polar surface area (TPSA) is 15.6 Å². The predicted octanol–water partition coefficient (Wildman–Crippen LogP) is 2.08. The average Bonchev–Trinajstić information content (AvgIpc) is 2.22. The number of hydrogen-bond donors (Lipinski definition) is 0. The molecule has 2 nitrogen and oxygen atoms in total. The number of halogens is 3. The number of nitrogens with zero attached hydrogens (tertiary/aromatic N) is 2. The van der Waals surface area contributed by atoms with Gasteiger partial charge < -0.3 is 4.90 Å². The fraction of sp³-hybridized carbons (Fsp3) is 0.364. The quantitative estimate of drug-likeness (QED) is 0.571. The van der Waals surface area contributed by atoms with E-state index in [2.05, 4.69) is 4.99 Å². The molecule has 0 aliphatic rings. The number of rotatable bonds is 4. The second-order valence-electron chi connectivity index (χ2n) is 3.60. The summed E-state index contributed by atoms with van der Waals surface area (Å²) < 4.78 is 39.0. The van der Waals surface area contributed by atoms with Crippen LogP contribution in [-0.4, -0.2) is 38.3 Å². The van der Waals surface area contributed by atoms with E-state index in [4.69, 9.17) is 0 Å². The molecule has 0 aliphatic heterocycles. The first-order valence-corrected chi connectivity index (χ1v) is 4.80. The fourth-order valence-electron chi connectivity index (χ4n) is 1.07. The molecule has 0 aromatic heterocycles. The van der Waals surface area contributed by atoms with Crippen LogP contribution in [0.5, 0.6) is 0 Å². The van der Waals surface area contributed by atoms with Crippen LogP contribution in [0.1, 0.15) is 5.56 Å². The summed E-state index contributed by atoms with van der Waals surface area (Å²) in [4.78, 5) is 5.72. The molecule has 0 bridgehead atoms. The summed E-state index contributed by atoms with van der Waals surface area (Å²) in [6.45, 7) is 1.07. The van der Waals surface area contributed by atoms with Gasteiger partial charge in [-0.1, -0.05) is 0 Å². The molecular formula is C11H13F3N2. The van der Waals surface area contributed by atoms with E-state index >= 15 is 0 Å². The third-order valence-corrected chi connectivity index (χ3v) is 1.98. The largest absolute Gasteiger partial charge is 0.308 e. The Morgan fingerprint density at radius 1 is 1.19 bits per heavy atom. The van der Waals surface area contributed by atoms with E-state index in [1.54, 1.807) is 0 Å². The lowest BCUT2D eigenvalue weighted by Crippen LogP contribution is -2.15. The van der Waals surface area contributed by atoms with Gasteiger partial charge in [-0.2, -0.15) is 0 Å². The molecule has 5 heteroatoms. The lowest BCUT2D eigenvalue weighted by molar-refractivity contribution is 0.420. The highest BCUT2D eigenvalue weighted by atomic mass is 19.2. The molecule has 0 spiro atoms. The Morgan fingerprint density at radius 2 is 1.81 bits per heavy atom.